The number of halogens is 2. The summed E-state index contributed by atoms with van der Waals surface area (Å²) in [5.41, 5.74) is 2.68. The van der Waals surface area contributed by atoms with Crippen LogP contribution in [0.25, 0.3) is 0 Å². The summed E-state index contributed by atoms with van der Waals surface area (Å²) in [6.45, 7) is 0. The van der Waals surface area contributed by atoms with Gasteiger partial charge in [0.1, 0.15) is 5.82 Å². The Balaban J connectivity index is 1.83. The van der Waals surface area contributed by atoms with Crippen molar-refractivity contribution in [3.05, 3.63) is 55.9 Å². The van der Waals surface area contributed by atoms with Crippen LogP contribution in [0.5, 0.6) is 0 Å². The first-order valence-electron chi connectivity index (χ1n) is 7.36. The maximum atomic E-state index is 13.2. The molecule has 0 aliphatic heterocycles. The lowest BCUT2D eigenvalue weighted by Crippen LogP contribution is -2.35. The number of fused-ring (bicyclic) bond motifs is 1. The van der Waals surface area contributed by atoms with E-state index in [1.165, 1.54) is 24.8 Å². The lowest BCUT2D eigenvalue weighted by Gasteiger charge is -2.31. The molecule has 1 aliphatic rings. The third-order valence-corrected chi connectivity index (χ3v) is 6.14. The summed E-state index contributed by atoms with van der Waals surface area (Å²) in [5, 5.41) is 5.69. The SMILES string of the molecule is CNC(Cc1ccc(F)cc1Br)C1CCCc2sccc21. The van der Waals surface area contributed by atoms with Crippen molar-refractivity contribution in [2.75, 3.05) is 7.05 Å². The fraction of sp³-hybridized carbons (Fsp3) is 0.412. The van der Waals surface area contributed by atoms with Crippen LogP contribution in [-0.4, -0.2) is 13.1 Å². The minimum atomic E-state index is -0.190. The van der Waals surface area contributed by atoms with Crippen LogP contribution >= 0.6 is 27.3 Å². The van der Waals surface area contributed by atoms with E-state index in [1.807, 2.05) is 24.5 Å². The Morgan fingerprint density at radius 1 is 1.43 bits per heavy atom. The van der Waals surface area contributed by atoms with Crippen molar-refractivity contribution in [1.29, 1.82) is 0 Å². The predicted molar refractivity (Wildman–Crippen MR) is 90.6 cm³/mol. The average Bonchev–Trinajstić information content (AvgIpc) is 2.95. The Labute approximate surface area is 137 Å². The minimum absolute atomic E-state index is 0.190. The minimum Gasteiger partial charge on any atom is -0.316 e. The van der Waals surface area contributed by atoms with Crippen molar-refractivity contribution in [1.82, 2.24) is 5.32 Å². The highest BCUT2D eigenvalue weighted by atomic mass is 79.9. The van der Waals surface area contributed by atoms with Gasteiger partial charge in [0.2, 0.25) is 0 Å². The van der Waals surface area contributed by atoms with Gasteiger partial charge in [-0.05, 0) is 67.4 Å². The molecule has 4 heteroatoms. The molecule has 112 valence electrons. The van der Waals surface area contributed by atoms with E-state index in [4.69, 9.17) is 0 Å². The van der Waals surface area contributed by atoms with Crippen LogP contribution in [0.15, 0.2) is 34.1 Å². The highest BCUT2D eigenvalue weighted by Gasteiger charge is 2.28. The number of aryl methyl sites for hydroxylation is 1. The van der Waals surface area contributed by atoms with Crippen molar-refractivity contribution < 1.29 is 4.39 Å². The summed E-state index contributed by atoms with van der Waals surface area (Å²) in [7, 11) is 2.03. The Hall–Kier alpha value is -0.710. The first-order valence-corrected chi connectivity index (χ1v) is 9.03. The Morgan fingerprint density at radius 2 is 2.29 bits per heavy atom. The van der Waals surface area contributed by atoms with E-state index in [0.717, 1.165) is 16.5 Å². The van der Waals surface area contributed by atoms with Gasteiger partial charge in [-0.25, -0.2) is 4.39 Å². The molecule has 2 atom stereocenters. The van der Waals surface area contributed by atoms with Gasteiger partial charge in [0, 0.05) is 21.3 Å². The lowest BCUT2D eigenvalue weighted by atomic mass is 9.80. The molecule has 0 fully saturated rings. The molecule has 0 spiro atoms. The Bertz CT molecular complexity index is 625. The van der Waals surface area contributed by atoms with Gasteiger partial charge >= 0.3 is 0 Å². The Morgan fingerprint density at radius 3 is 3.05 bits per heavy atom. The second kappa shape index (κ2) is 6.59. The largest absolute Gasteiger partial charge is 0.316 e. The standard InChI is InChI=1S/C17H19BrFNS/c1-20-16(9-11-5-6-12(19)10-15(11)18)13-3-2-4-17-14(13)7-8-21-17/h5-8,10,13,16,20H,2-4,9H2,1H3. The first kappa shape index (κ1) is 15.2. The number of hydrogen-bond donors (Lipinski definition) is 1. The van der Waals surface area contributed by atoms with Crippen LogP contribution < -0.4 is 5.32 Å². The van der Waals surface area contributed by atoms with E-state index in [2.05, 4.69) is 32.7 Å². The molecule has 21 heavy (non-hydrogen) atoms. The van der Waals surface area contributed by atoms with E-state index in [9.17, 15) is 4.39 Å². The van der Waals surface area contributed by atoms with Crippen molar-refractivity contribution in [2.45, 2.75) is 37.6 Å². The fourth-order valence-corrected chi connectivity index (χ4v) is 4.82. The van der Waals surface area contributed by atoms with E-state index >= 15 is 0 Å². The smallest absolute Gasteiger partial charge is 0.124 e. The number of nitrogens with one attached hydrogen (secondary N) is 1. The lowest BCUT2D eigenvalue weighted by molar-refractivity contribution is 0.413. The van der Waals surface area contributed by atoms with Crippen molar-refractivity contribution >= 4 is 27.3 Å². The summed E-state index contributed by atoms with van der Waals surface area (Å²) in [4.78, 5) is 1.55. The molecule has 1 aromatic carbocycles. The van der Waals surface area contributed by atoms with Crippen molar-refractivity contribution in [3.63, 3.8) is 0 Å². The molecule has 2 aromatic rings. The maximum absolute atomic E-state index is 13.2. The van der Waals surface area contributed by atoms with Crippen molar-refractivity contribution in [2.24, 2.45) is 0 Å². The monoisotopic (exact) mass is 367 g/mol. The highest BCUT2D eigenvalue weighted by molar-refractivity contribution is 9.10. The van der Waals surface area contributed by atoms with E-state index in [1.54, 1.807) is 17.0 Å². The molecule has 0 amide bonds. The first-order chi connectivity index (χ1) is 10.2. The van der Waals surface area contributed by atoms with Crippen LogP contribution in [0, 0.1) is 5.82 Å². The number of hydrogen-bond acceptors (Lipinski definition) is 2. The van der Waals surface area contributed by atoms with Crippen LogP contribution in [0.1, 0.15) is 34.8 Å². The third-order valence-electron chi connectivity index (χ3n) is 4.41. The molecule has 0 radical (unpaired) electrons. The van der Waals surface area contributed by atoms with Gasteiger partial charge in [0.05, 0.1) is 0 Å². The topological polar surface area (TPSA) is 12.0 Å². The maximum Gasteiger partial charge on any atom is 0.124 e. The normalized spacial score (nSPS) is 19.3. The zero-order chi connectivity index (χ0) is 14.8. The summed E-state index contributed by atoms with van der Waals surface area (Å²) in [6, 6.07) is 7.66. The Kier molecular flexibility index (Phi) is 4.77. The fourth-order valence-electron chi connectivity index (χ4n) is 3.31. The molecule has 1 nitrogen and oxygen atoms in total. The number of benzene rings is 1. The van der Waals surface area contributed by atoms with Crippen LogP contribution in [0.4, 0.5) is 4.39 Å². The molecule has 0 saturated carbocycles. The molecule has 1 aromatic heterocycles. The number of rotatable bonds is 4. The summed E-state index contributed by atoms with van der Waals surface area (Å²) in [5.74, 6) is 0.367. The van der Waals surface area contributed by atoms with Gasteiger partial charge < -0.3 is 5.32 Å². The summed E-state index contributed by atoms with van der Waals surface area (Å²) < 4.78 is 14.1. The summed E-state index contributed by atoms with van der Waals surface area (Å²) >= 11 is 5.37. The molecule has 1 N–H and O–H groups in total. The average molecular weight is 368 g/mol. The van der Waals surface area contributed by atoms with Crippen LogP contribution in [0.3, 0.4) is 0 Å². The second-order valence-electron chi connectivity index (χ2n) is 5.63. The zero-order valence-electron chi connectivity index (χ0n) is 12.0. The molecule has 2 unspecified atom stereocenters. The van der Waals surface area contributed by atoms with Crippen LogP contribution in [-0.2, 0) is 12.8 Å². The molecular weight excluding hydrogens is 349 g/mol. The molecule has 3 rings (SSSR count). The van der Waals surface area contributed by atoms with Crippen molar-refractivity contribution in [3.8, 4) is 0 Å². The predicted octanol–water partition coefficient (Wildman–Crippen LogP) is 4.90. The van der Waals surface area contributed by atoms with Gasteiger partial charge in [-0.3, -0.25) is 0 Å². The van der Waals surface area contributed by atoms with Gasteiger partial charge in [-0.2, -0.15) is 0 Å². The number of likely N-dealkylation sites (N-methyl/N-ethyl adjacent to an activating group) is 1. The number of thiophene rings is 1. The quantitative estimate of drug-likeness (QED) is 0.809. The van der Waals surface area contributed by atoms with E-state index in [0.29, 0.717) is 12.0 Å². The summed E-state index contributed by atoms with van der Waals surface area (Å²) in [6.07, 6.45) is 4.63. The molecule has 0 bridgehead atoms. The second-order valence-corrected chi connectivity index (χ2v) is 7.49. The highest BCUT2D eigenvalue weighted by Crippen LogP contribution is 2.38. The zero-order valence-corrected chi connectivity index (χ0v) is 14.4. The third kappa shape index (κ3) is 3.22. The van der Waals surface area contributed by atoms with Gasteiger partial charge in [-0.1, -0.05) is 22.0 Å². The van der Waals surface area contributed by atoms with Gasteiger partial charge in [0.25, 0.3) is 0 Å². The molecule has 1 heterocycles. The molecular formula is C17H19BrFNS. The molecule has 1 aliphatic carbocycles. The van der Waals surface area contributed by atoms with E-state index < -0.39 is 0 Å². The van der Waals surface area contributed by atoms with Gasteiger partial charge in [-0.15, -0.1) is 11.3 Å². The molecule has 0 saturated heterocycles. The van der Waals surface area contributed by atoms with Crippen LogP contribution in [0.2, 0.25) is 0 Å². The van der Waals surface area contributed by atoms with E-state index in [-0.39, 0.29) is 5.82 Å². The van der Waals surface area contributed by atoms with Gasteiger partial charge in [0.15, 0.2) is 0 Å².